The zero-order chi connectivity index (χ0) is 15.8. The second kappa shape index (κ2) is 5.76. The highest BCUT2D eigenvalue weighted by Gasteiger charge is 2.27. The van der Waals surface area contributed by atoms with Crippen LogP contribution in [0.1, 0.15) is 19.3 Å². The molecule has 6 heteroatoms. The summed E-state index contributed by atoms with van der Waals surface area (Å²) >= 11 is 0. The van der Waals surface area contributed by atoms with Crippen LogP contribution >= 0.6 is 0 Å². The van der Waals surface area contributed by atoms with Crippen molar-refractivity contribution in [2.75, 3.05) is 31.1 Å². The molecule has 0 atom stereocenters. The Hall–Kier alpha value is -2.24. The molecule has 1 aliphatic carbocycles. The van der Waals surface area contributed by atoms with Gasteiger partial charge in [0.1, 0.15) is 0 Å². The monoisotopic (exact) mass is 314 g/mol. The van der Waals surface area contributed by atoms with Gasteiger partial charge in [-0.3, -0.25) is 0 Å². The molecule has 0 unspecified atom stereocenters. The highest BCUT2D eigenvalue weighted by atomic mass is 16.4. The van der Waals surface area contributed by atoms with Crippen LogP contribution in [0.25, 0.3) is 11.0 Å². The Kier molecular flexibility index (Phi) is 3.59. The number of hydrogen-bond donors (Lipinski definition) is 1. The second-order valence-electron chi connectivity index (χ2n) is 6.56. The topological polar surface area (TPSA) is 61.6 Å². The lowest BCUT2D eigenvalue weighted by Gasteiger charge is -2.23. The first-order valence-electron chi connectivity index (χ1n) is 8.40. The van der Waals surface area contributed by atoms with Gasteiger partial charge >= 0.3 is 6.09 Å². The molecule has 1 saturated carbocycles. The predicted molar refractivity (Wildman–Crippen MR) is 88.9 cm³/mol. The number of anilines is 1. The number of carbonyl (C=O) groups is 1. The average Bonchev–Trinajstić information content (AvgIpc) is 3.33. The van der Waals surface area contributed by atoms with Crippen LogP contribution in [-0.4, -0.2) is 51.8 Å². The summed E-state index contributed by atoms with van der Waals surface area (Å²) in [7, 11) is 0. The Balaban J connectivity index is 1.65. The van der Waals surface area contributed by atoms with Gasteiger partial charge in [-0.25, -0.2) is 9.78 Å². The lowest BCUT2D eigenvalue weighted by atomic mass is 10.3. The SMILES string of the molecule is O=C(O)N1CCCN(c2nc3ccccc3n2CC2CC2)CC1. The van der Waals surface area contributed by atoms with Crippen molar-refractivity contribution < 1.29 is 9.90 Å². The van der Waals surface area contributed by atoms with Gasteiger partial charge < -0.3 is 19.5 Å². The number of nitrogens with zero attached hydrogens (tertiary/aromatic N) is 4. The van der Waals surface area contributed by atoms with Gasteiger partial charge in [0.05, 0.1) is 11.0 Å². The van der Waals surface area contributed by atoms with Crippen molar-refractivity contribution in [3.8, 4) is 0 Å². The zero-order valence-electron chi connectivity index (χ0n) is 13.2. The summed E-state index contributed by atoms with van der Waals surface area (Å²) in [6, 6.07) is 8.28. The van der Waals surface area contributed by atoms with E-state index in [9.17, 15) is 9.90 Å². The van der Waals surface area contributed by atoms with E-state index in [2.05, 4.69) is 27.7 Å². The van der Waals surface area contributed by atoms with Crippen LogP contribution in [-0.2, 0) is 6.54 Å². The Morgan fingerprint density at radius 2 is 2.00 bits per heavy atom. The van der Waals surface area contributed by atoms with E-state index in [1.165, 1.54) is 23.3 Å². The molecular formula is C17H22N4O2. The lowest BCUT2D eigenvalue weighted by molar-refractivity contribution is 0.148. The van der Waals surface area contributed by atoms with Crippen molar-refractivity contribution in [3.63, 3.8) is 0 Å². The van der Waals surface area contributed by atoms with Crippen LogP contribution < -0.4 is 4.90 Å². The predicted octanol–water partition coefficient (Wildman–Crippen LogP) is 2.64. The van der Waals surface area contributed by atoms with Gasteiger partial charge in [0.25, 0.3) is 0 Å². The summed E-state index contributed by atoms with van der Waals surface area (Å²) in [5.74, 6) is 1.78. The average molecular weight is 314 g/mol. The molecule has 0 bridgehead atoms. The van der Waals surface area contributed by atoms with Gasteiger partial charge in [0.15, 0.2) is 0 Å². The first kappa shape index (κ1) is 14.4. The van der Waals surface area contributed by atoms with Crippen molar-refractivity contribution in [2.24, 2.45) is 5.92 Å². The third kappa shape index (κ3) is 2.85. The van der Waals surface area contributed by atoms with Crippen molar-refractivity contribution in [1.82, 2.24) is 14.5 Å². The molecule has 6 nitrogen and oxygen atoms in total. The van der Waals surface area contributed by atoms with Crippen LogP contribution in [0.2, 0.25) is 0 Å². The number of carboxylic acid groups (broad SMARTS) is 1. The van der Waals surface area contributed by atoms with E-state index < -0.39 is 6.09 Å². The second-order valence-corrected chi connectivity index (χ2v) is 6.56. The summed E-state index contributed by atoms with van der Waals surface area (Å²) < 4.78 is 2.34. The molecule has 1 aromatic carbocycles. The fraction of sp³-hybridized carbons (Fsp3) is 0.529. The molecule has 1 amide bonds. The molecule has 1 aliphatic heterocycles. The normalized spacial score (nSPS) is 19.1. The summed E-state index contributed by atoms with van der Waals surface area (Å²) in [5.41, 5.74) is 2.22. The van der Waals surface area contributed by atoms with Crippen molar-refractivity contribution in [3.05, 3.63) is 24.3 Å². The van der Waals surface area contributed by atoms with Gasteiger partial charge in [0, 0.05) is 32.7 Å². The van der Waals surface area contributed by atoms with E-state index in [1.807, 2.05) is 6.07 Å². The molecule has 1 aromatic heterocycles. The maximum atomic E-state index is 11.2. The lowest BCUT2D eigenvalue weighted by Crippen LogP contribution is -2.35. The van der Waals surface area contributed by atoms with Gasteiger partial charge in [-0.15, -0.1) is 0 Å². The van der Waals surface area contributed by atoms with Gasteiger partial charge in [-0.05, 0) is 37.3 Å². The fourth-order valence-corrected chi connectivity index (χ4v) is 3.35. The number of benzene rings is 1. The maximum Gasteiger partial charge on any atom is 0.407 e. The van der Waals surface area contributed by atoms with Crippen LogP contribution in [0.15, 0.2) is 24.3 Å². The Labute approximate surface area is 135 Å². The van der Waals surface area contributed by atoms with Gasteiger partial charge in [-0.1, -0.05) is 12.1 Å². The van der Waals surface area contributed by atoms with Crippen LogP contribution in [0.5, 0.6) is 0 Å². The van der Waals surface area contributed by atoms with E-state index in [1.54, 1.807) is 0 Å². The zero-order valence-corrected chi connectivity index (χ0v) is 13.2. The standard InChI is InChI=1S/C17H22N4O2/c22-17(23)20-9-3-8-19(10-11-20)16-18-14-4-1-2-5-15(14)21(16)12-13-6-7-13/h1-2,4-5,13H,3,6-12H2,(H,22,23). The van der Waals surface area contributed by atoms with Crippen molar-refractivity contribution in [2.45, 2.75) is 25.8 Å². The molecule has 1 N–H and O–H groups in total. The Bertz CT molecular complexity index is 722. The number of amides is 1. The number of imidazole rings is 1. The first-order valence-corrected chi connectivity index (χ1v) is 8.40. The first-order chi connectivity index (χ1) is 11.2. The van der Waals surface area contributed by atoms with Crippen LogP contribution in [0.3, 0.4) is 0 Å². The minimum Gasteiger partial charge on any atom is -0.465 e. The molecule has 2 fully saturated rings. The van der Waals surface area contributed by atoms with Crippen LogP contribution in [0.4, 0.5) is 10.7 Å². The molecule has 23 heavy (non-hydrogen) atoms. The number of aromatic nitrogens is 2. The minimum absolute atomic E-state index is 0.544. The van der Waals surface area contributed by atoms with E-state index in [4.69, 9.17) is 4.98 Å². The van der Waals surface area contributed by atoms with Gasteiger partial charge in [-0.2, -0.15) is 0 Å². The molecule has 0 radical (unpaired) electrons. The molecule has 1 saturated heterocycles. The number of para-hydroxylation sites is 2. The van der Waals surface area contributed by atoms with E-state index in [0.29, 0.717) is 19.6 Å². The summed E-state index contributed by atoms with van der Waals surface area (Å²) in [6.45, 7) is 3.74. The molecular weight excluding hydrogens is 292 g/mol. The molecule has 2 heterocycles. The third-order valence-electron chi connectivity index (χ3n) is 4.82. The molecule has 2 aromatic rings. The van der Waals surface area contributed by atoms with Crippen molar-refractivity contribution in [1.29, 1.82) is 0 Å². The summed E-state index contributed by atoms with van der Waals surface area (Å²) in [4.78, 5) is 19.8. The number of hydrogen-bond acceptors (Lipinski definition) is 3. The fourth-order valence-electron chi connectivity index (χ4n) is 3.35. The molecule has 122 valence electrons. The van der Waals surface area contributed by atoms with Gasteiger partial charge in [0.2, 0.25) is 5.95 Å². The molecule has 2 aliphatic rings. The quantitative estimate of drug-likeness (QED) is 0.946. The maximum absolute atomic E-state index is 11.2. The van der Waals surface area contributed by atoms with E-state index >= 15 is 0 Å². The molecule has 0 spiro atoms. The highest BCUT2D eigenvalue weighted by Crippen LogP contribution is 2.34. The Morgan fingerprint density at radius 3 is 2.78 bits per heavy atom. The van der Waals surface area contributed by atoms with Crippen LogP contribution in [0, 0.1) is 5.92 Å². The largest absolute Gasteiger partial charge is 0.465 e. The highest BCUT2D eigenvalue weighted by molar-refractivity contribution is 5.79. The number of fused-ring (bicyclic) bond motifs is 1. The minimum atomic E-state index is -0.821. The summed E-state index contributed by atoms with van der Waals surface area (Å²) in [6.07, 6.45) is 2.63. The Morgan fingerprint density at radius 1 is 1.17 bits per heavy atom. The molecule has 4 rings (SSSR count). The van der Waals surface area contributed by atoms with E-state index in [-0.39, 0.29) is 0 Å². The number of rotatable bonds is 3. The summed E-state index contributed by atoms with van der Waals surface area (Å²) in [5, 5.41) is 9.20. The van der Waals surface area contributed by atoms with Crippen molar-refractivity contribution >= 4 is 23.1 Å². The third-order valence-corrected chi connectivity index (χ3v) is 4.82. The van der Waals surface area contributed by atoms with E-state index in [0.717, 1.165) is 36.9 Å². The smallest absolute Gasteiger partial charge is 0.407 e.